The first-order chi connectivity index (χ1) is 11.7. The molecule has 0 saturated carbocycles. The molecule has 5 heteroatoms. The van der Waals surface area contributed by atoms with Gasteiger partial charge in [0.15, 0.2) is 0 Å². The molecule has 1 N–H and O–H groups in total. The second kappa shape index (κ2) is 5.36. The van der Waals surface area contributed by atoms with E-state index in [4.69, 9.17) is 0 Å². The molecule has 0 fully saturated rings. The van der Waals surface area contributed by atoms with Crippen molar-refractivity contribution in [3.63, 3.8) is 0 Å². The monoisotopic (exact) mass is 314 g/mol. The molecule has 3 heterocycles. The molecule has 4 aromatic rings. The molecule has 4 rings (SSSR count). The van der Waals surface area contributed by atoms with Gasteiger partial charge < -0.3 is 4.98 Å². The van der Waals surface area contributed by atoms with Crippen LogP contribution >= 0.6 is 0 Å². The molecule has 0 aliphatic heterocycles. The van der Waals surface area contributed by atoms with Crippen molar-refractivity contribution in [3.05, 3.63) is 81.4 Å². The summed E-state index contributed by atoms with van der Waals surface area (Å²) in [6, 6.07) is 15.4. The van der Waals surface area contributed by atoms with E-state index in [2.05, 4.69) is 16.0 Å². The van der Waals surface area contributed by atoms with Gasteiger partial charge >= 0.3 is 0 Å². The molecule has 5 nitrogen and oxygen atoms in total. The molecule has 0 bridgehead atoms. The number of nitrogens with one attached hydrogen (secondary N) is 1. The average molecular weight is 314 g/mol. The maximum atomic E-state index is 13.1. The number of hydrogen-bond donors (Lipinski definition) is 1. The molecule has 116 valence electrons. The van der Waals surface area contributed by atoms with Crippen LogP contribution < -0.4 is 5.56 Å². The van der Waals surface area contributed by atoms with E-state index < -0.39 is 0 Å². The summed E-state index contributed by atoms with van der Waals surface area (Å²) in [7, 11) is 0. The van der Waals surface area contributed by atoms with Crippen LogP contribution in [0.3, 0.4) is 0 Å². The number of H-pyrrole nitrogens is 1. The lowest BCUT2D eigenvalue weighted by atomic mass is 10.0. The third kappa shape index (κ3) is 2.01. The van der Waals surface area contributed by atoms with Crippen LogP contribution in [0, 0.1) is 18.3 Å². The van der Waals surface area contributed by atoms with Gasteiger partial charge in [0.1, 0.15) is 11.7 Å². The Bertz CT molecular complexity index is 1160. The zero-order valence-electron chi connectivity index (χ0n) is 13.1. The maximum Gasteiger partial charge on any atom is 0.260 e. The number of para-hydroxylation sites is 2. The van der Waals surface area contributed by atoms with Crippen molar-refractivity contribution in [1.82, 2.24) is 14.4 Å². The molecule has 0 spiro atoms. The van der Waals surface area contributed by atoms with E-state index in [1.165, 1.54) is 0 Å². The van der Waals surface area contributed by atoms with Crippen molar-refractivity contribution in [1.29, 1.82) is 5.26 Å². The topological polar surface area (TPSA) is 74.0 Å². The van der Waals surface area contributed by atoms with Gasteiger partial charge in [-0.1, -0.05) is 18.2 Å². The fourth-order valence-electron chi connectivity index (χ4n) is 3.12. The van der Waals surface area contributed by atoms with E-state index in [0.29, 0.717) is 28.8 Å². The molecule has 3 aromatic heterocycles. The Morgan fingerprint density at radius 1 is 1.21 bits per heavy atom. The van der Waals surface area contributed by atoms with Gasteiger partial charge in [-0.15, -0.1) is 0 Å². The second-order valence-corrected chi connectivity index (χ2v) is 5.72. The Morgan fingerprint density at radius 2 is 2.00 bits per heavy atom. The highest BCUT2D eigenvalue weighted by molar-refractivity contribution is 5.83. The fraction of sp³-hybridized carbons (Fsp3) is 0.105. The van der Waals surface area contributed by atoms with Crippen molar-refractivity contribution in [2.45, 2.75) is 13.3 Å². The largest absolute Gasteiger partial charge is 0.338 e. The van der Waals surface area contributed by atoms with Crippen molar-refractivity contribution >= 4 is 16.7 Å². The normalized spacial score (nSPS) is 11.0. The molecule has 0 amide bonds. The van der Waals surface area contributed by atoms with E-state index in [0.717, 1.165) is 16.7 Å². The predicted octanol–water partition coefficient (Wildman–Crippen LogP) is 2.95. The molecule has 1 aromatic carbocycles. The lowest BCUT2D eigenvalue weighted by Gasteiger charge is -2.08. The Kier molecular flexibility index (Phi) is 3.17. The Labute approximate surface area is 137 Å². The molecule has 0 radical (unpaired) electrons. The summed E-state index contributed by atoms with van der Waals surface area (Å²) in [5, 5.41) is 9.62. The van der Waals surface area contributed by atoms with Crippen LogP contribution in [-0.2, 0) is 6.42 Å². The minimum Gasteiger partial charge on any atom is -0.338 e. The zero-order valence-corrected chi connectivity index (χ0v) is 13.1. The van der Waals surface area contributed by atoms with Crippen LogP contribution in [0.2, 0.25) is 0 Å². The number of imidazole rings is 1. The first kappa shape index (κ1) is 14.2. The van der Waals surface area contributed by atoms with E-state index >= 15 is 0 Å². The van der Waals surface area contributed by atoms with Crippen LogP contribution in [0.5, 0.6) is 0 Å². The minimum atomic E-state index is -0.107. The van der Waals surface area contributed by atoms with Crippen molar-refractivity contribution in [3.8, 4) is 6.07 Å². The number of nitriles is 1. The summed E-state index contributed by atoms with van der Waals surface area (Å²) in [5.74, 6) is 0. The van der Waals surface area contributed by atoms with Gasteiger partial charge in [0.25, 0.3) is 5.56 Å². The van der Waals surface area contributed by atoms with E-state index in [9.17, 15) is 10.1 Å². The molecular formula is C19H14N4O. The number of hydrogen-bond acceptors (Lipinski definition) is 3. The van der Waals surface area contributed by atoms with Gasteiger partial charge in [-0.05, 0) is 36.8 Å². The lowest BCUT2D eigenvalue weighted by Crippen LogP contribution is -2.21. The van der Waals surface area contributed by atoms with Gasteiger partial charge in [0.2, 0.25) is 0 Å². The molecule has 0 aliphatic carbocycles. The number of rotatable bonds is 2. The Hall–Kier alpha value is -3.39. The van der Waals surface area contributed by atoms with Crippen molar-refractivity contribution in [2.75, 3.05) is 0 Å². The number of aromatic amines is 1. The van der Waals surface area contributed by atoms with Crippen LogP contribution in [-0.4, -0.2) is 14.4 Å². The Morgan fingerprint density at radius 3 is 2.75 bits per heavy atom. The minimum absolute atomic E-state index is 0.107. The summed E-state index contributed by atoms with van der Waals surface area (Å²) < 4.78 is 1.60. The van der Waals surface area contributed by atoms with Gasteiger partial charge in [-0.3, -0.25) is 14.2 Å². The van der Waals surface area contributed by atoms with Crippen molar-refractivity contribution < 1.29 is 0 Å². The molecule has 0 unspecified atom stereocenters. The Balaban J connectivity index is 2.09. The number of aromatic nitrogens is 3. The highest BCUT2D eigenvalue weighted by Crippen LogP contribution is 2.22. The molecule has 24 heavy (non-hydrogen) atoms. The molecular weight excluding hydrogens is 300 g/mol. The number of nitrogens with zero attached hydrogens (tertiary/aromatic N) is 3. The standard InChI is InChI=1S/C19H14N4O/c1-12-14(10-13-6-4-5-9-21-13)19(24)23-17-8-3-2-7-16(17)22-18(23)15(12)11-20/h2-9,22H,10H2,1H3. The van der Waals surface area contributed by atoms with Crippen LogP contribution in [0.1, 0.15) is 22.4 Å². The summed E-state index contributed by atoms with van der Waals surface area (Å²) >= 11 is 0. The first-order valence-electron chi connectivity index (χ1n) is 7.65. The lowest BCUT2D eigenvalue weighted by molar-refractivity contribution is 0.991. The van der Waals surface area contributed by atoms with Gasteiger partial charge in [-0.2, -0.15) is 5.26 Å². The van der Waals surface area contributed by atoms with Crippen molar-refractivity contribution in [2.24, 2.45) is 0 Å². The molecule has 0 aliphatic rings. The summed E-state index contributed by atoms with van der Waals surface area (Å²) in [4.78, 5) is 20.6. The van der Waals surface area contributed by atoms with E-state index in [1.54, 1.807) is 10.6 Å². The van der Waals surface area contributed by atoms with Gasteiger partial charge in [0.05, 0.1) is 16.6 Å². The zero-order chi connectivity index (χ0) is 16.7. The fourth-order valence-corrected chi connectivity index (χ4v) is 3.12. The maximum absolute atomic E-state index is 13.1. The third-order valence-corrected chi connectivity index (χ3v) is 4.34. The van der Waals surface area contributed by atoms with Gasteiger partial charge in [-0.25, -0.2) is 0 Å². The second-order valence-electron chi connectivity index (χ2n) is 5.72. The summed E-state index contributed by atoms with van der Waals surface area (Å²) in [6.45, 7) is 1.82. The van der Waals surface area contributed by atoms with E-state index in [1.807, 2.05) is 49.4 Å². The highest BCUT2D eigenvalue weighted by Gasteiger charge is 2.18. The quantitative estimate of drug-likeness (QED) is 0.618. The van der Waals surface area contributed by atoms with Gasteiger partial charge in [0, 0.05) is 23.9 Å². The molecule has 0 atom stereocenters. The van der Waals surface area contributed by atoms with E-state index in [-0.39, 0.29) is 5.56 Å². The number of pyridine rings is 2. The van der Waals surface area contributed by atoms with Crippen LogP contribution in [0.15, 0.2) is 53.5 Å². The smallest absolute Gasteiger partial charge is 0.260 e. The summed E-state index contributed by atoms with van der Waals surface area (Å²) in [6.07, 6.45) is 2.11. The summed E-state index contributed by atoms with van der Waals surface area (Å²) in [5.41, 5.74) is 4.66. The first-order valence-corrected chi connectivity index (χ1v) is 7.65. The molecule has 0 saturated heterocycles. The average Bonchev–Trinajstić information content (AvgIpc) is 2.99. The van der Waals surface area contributed by atoms with Crippen LogP contribution in [0.25, 0.3) is 16.7 Å². The highest BCUT2D eigenvalue weighted by atomic mass is 16.1. The van der Waals surface area contributed by atoms with Crippen LogP contribution in [0.4, 0.5) is 0 Å². The SMILES string of the molecule is Cc1c(Cc2ccccn2)c(=O)n2c([nH]c3ccccc32)c1C#N. The predicted molar refractivity (Wildman–Crippen MR) is 92.0 cm³/mol. The third-order valence-electron chi connectivity index (χ3n) is 4.34. The number of fused-ring (bicyclic) bond motifs is 3. The number of benzene rings is 1.